The van der Waals surface area contributed by atoms with E-state index in [2.05, 4.69) is 16.8 Å². The van der Waals surface area contributed by atoms with E-state index in [1.54, 1.807) is 25.1 Å². The third kappa shape index (κ3) is 7.48. The van der Waals surface area contributed by atoms with Gasteiger partial charge in [-0.1, -0.05) is 18.2 Å². The van der Waals surface area contributed by atoms with Gasteiger partial charge in [-0.2, -0.15) is 0 Å². The molecule has 7 heteroatoms. The van der Waals surface area contributed by atoms with Crippen LogP contribution in [-0.2, 0) is 25.6 Å². The summed E-state index contributed by atoms with van der Waals surface area (Å²) in [6.45, 7) is 7.46. The van der Waals surface area contributed by atoms with Crippen LogP contribution in [0.1, 0.15) is 25.3 Å². The Morgan fingerprint density at radius 1 is 1.33 bits per heavy atom. The van der Waals surface area contributed by atoms with Gasteiger partial charge in [0.15, 0.2) is 12.7 Å². The fourth-order valence-corrected chi connectivity index (χ4v) is 2.89. The number of amides is 1. The van der Waals surface area contributed by atoms with Crippen molar-refractivity contribution in [3.05, 3.63) is 48.3 Å². The molecule has 6 nitrogen and oxygen atoms in total. The second-order valence-electron chi connectivity index (χ2n) is 6.62. The fraction of sp³-hybridized carbons (Fsp3) is 0.500. The summed E-state index contributed by atoms with van der Waals surface area (Å²) in [4.78, 5) is 25.9. The highest BCUT2D eigenvalue weighted by Crippen LogP contribution is 2.14. The average molecular weight is 378 g/mol. The van der Waals surface area contributed by atoms with E-state index >= 15 is 0 Å². The first-order valence-electron chi connectivity index (χ1n) is 9.13. The van der Waals surface area contributed by atoms with Crippen molar-refractivity contribution in [2.24, 2.45) is 0 Å². The van der Waals surface area contributed by atoms with Crippen LogP contribution in [0.5, 0.6) is 0 Å². The van der Waals surface area contributed by atoms with Crippen LogP contribution in [0.3, 0.4) is 0 Å². The first-order chi connectivity index (χ1) is 13.0. The van der Waals surface area contributed by atoms with Gasteiger partial charge in [0.25, 0.3) is 5.91 Å². The van der Waals surface area contributed by atoms with Gasteiger partial charge in [-0.15, -0.1) is 6.58 Å². The number of halogens is 1. The van der Waals surface area contributed by atoms with E-state index in [4.69, 9.17) is 9.47 Å². The summed E-state index contributed by atoms with van der Waals surface area (Å²) in [5.74, 6) is -1.11. The molecule has 0 radical (unpaired) electrons. The van der Waals surface area contributed by atoms with Crippen LogP contribution >= 0.6 is 0 Å². The molecular weight excluding hydrogens is 351 g/mol. The molecule has 0 saturated carbocycles. The Morgan fingerprint density at radius 3 is 2.63 bits per heavy atom. The quantitative estimate of drug-likeness (QED) is 0.526. The van der Waals surface area contributed by atoms with E-state index in [0.29, 0.717) is 0 Å². The molecule has 0 spiro atoms. The topological polar surface area (TPSA) is 67.9 Å². The first kappa shape index (κ1) is 21.1. The van der Waals surface area contributed by atoms with Gasteiger partial charge in [0.1, 0.15) is 5.82 Å². The minimum atomic E-state index is -0.731. The zero-order valence-electron chi connectivity index (χ0n) is 15.7. The van der Waals surface area contributed by atoms with Gasteiger partial charge in [0.2, 0.25) is 0 Å². The number of ether oxygens (including phenoxy) is 2. The van der Waals surface area contributed by atoms with Gasteiger partial charge >= 0.3 is 5.97 Å². The minimum Gasteiger partial charge on any atom is -0.454 e. The third-order valence-electron chi connectivity index (χ3n) is 4.41. The lowest BCUT2D eigenvalue weighted by atomic mass is 10.0. The average Bonchev–Trinajstić information content (AvgIpc) is 2.67. The van der Waals surface area contributed by atoms with Crippen molar-refractivity contribution in [3.63, 3.8) is 0 Å². The van der Waals surface area contributed by atoms with Crippen LogP contribution in [0, 0.1) is 5.82 Å². The number of benzene rings is 1. The highest BCUT2D eigenvalue weighted by atomic mass is 19.1. The molecule has 1 aliphatic heterocycles. The molecule has 1 aromatic rings. The lowest BCUT2D eigenvalue weighted by Crippen LogP contribution is -2.45. The number of nitrogens with zero attached hydrogens (tertiary/aromatic N) is 1. The van der Waals surface area contributed by atoms with E-state index in [1.807, 2.05) is 0 Å². The summed E-state index contributed by atoms with van der Waals surface area (Å²) in [7, 11) is 0. The molecule has 2 rings (SSSR count). The molecule has 1 aromatic carbocycles. The number of hydrogen-bond acceptors (Lipinski definition) is 5. The lowest BCUT2D eigenvalue weighted by Gasteiger charge is -2.32. The van der Waals surface area contributed by atoms with Crippen LogP contribution in [-0.4, -0.2) is 55.2 Å². The molecule has 1 fully saturated rings. The largest absolute Gasteiger partial charge is 0.454 e. The molecule has 1 aliphatic rings. The monoisotopic (exact) mass is 378 g/mol. The van der Waals surface area contributed by atoms with Gasteiger partial charge in [0.05, 0.1) is 6.61 Å². The number of carbonyl (C=O) groups excluding carboxylic acids is 2. The zero-order chi connectivity index (χ0) is 19.6. The number of nitrogens with one attached hydrogen (secondary N) is 1. The lowest BCUT2D eigenvalue weighted by molar-refractivity contribution is -0.158. The Balaban J connectivity index is 1.64. The van der Waals surface area contributed by atoms with Crippen molar-refractivity contribution >= 4 is 11.9 Å². The van der Waals surface area contributed by atoms with E-state index in [-0.39, 0.29) is 31.0 Å². The van der Waals surface area contributed by atoms with Crippen molar-refractivity contribution < 1.29 is 23.5 Å². The highest BCUT2D eigenvalue weighted by Gasteiger charge is 2.22. The summed E-state index contributed by atoms with van der Waals surface area (Å²) in [6.07, 6.45) is 2.45. The number of hydrogen-bond donors (Lipinski definition) is 1. The molecular formula is C20H27FN2O4. The maximum absolute atomic E-state index is 13.0. The van der Waals surface area contributed by atoms with E-state index in [9.17, 15) is 14.0 Å². The van der Waals surface area contributed by atoms with E-state index < -0.39 is 12.1 Å². The summed E-state index contributed by atoms with van der Waals surface area (Å²) >= 11 is 0. The fourth-order valence-electron chi connectivity index (χ4n) is 2.89. The summed E-state index contributed by atoms with van der Waals surface area (Å²) < 4.78 is 23.1. The van der Waals surface area contributed by atoms with Crippen molar-refractivity contribution in [2.45, 2.75) is 38.5 Å². The normalized spacial score (nSPS) is 16.5. The SMILES string of the molecule is C=CCOC(C)C(=O)OCC(=O)NC1CCN(Cc2ccc(F)cc2)CC1. The molecule has 1 unspecified atom stereocenters. The number of piperidine rings is 1. The number of carbonyl (C=O) groups is 2. The van der Waals surface area contributed by atoms with Gasteiger partial charge in [-0.05, 0) is 37.5 Å². The minimum absolute atomic E-state index is 0.0649. The van der Waals surface area contributed by atoms with Crippen molar-refractivity contribution in [1.82, 2.24) is 10.2 Å². The van der Waals surface area contributed by atoms with Gasteiger partial charge in [0, 0.05) is 25.7 Å². The maximum Gasteiger partial charge on any atom is 0.335 e. The van der Waals surface area contributed by atoms with Gasteiger partial charge in [-0.25, -0.2) is 9.18 Å². The Bertz CT molecular complexity index is 627. The smallest absolute Gasteiger partial charge is 0.335 e. The second kappa shape index (κ2) is 10.8. The zero-order valence-corrected chi connectivity index (χ0v) is 15.7. The van der Waals surface area contributed by atoms with Crippen LogP contribution in [0.4, 0.5) is 4.39 Å². The Hall–Kier alpha value is -2.25. The molecule has 1 saturated heterocycles. The summed E-state index contributed by atoms with van der Waals surface area (Å²) in [5.41, 5.74) is 1.07. The summed E-state index contributed by atoms with van der Waals surface area (Å²) in [5, 5.41) is 2.90. The number of likely N-dealkylation sites (tertiary alicyclic amines) is 1. The van der Waals surface area contributed by atoms with Crippen molar-refractivity contribution in [3.8, 4) is 0 Å². The predicted octanol–water partition coefficient (Wildman–Crippen LogP) is 2.04. The van der Waals surface area contributed by atoms with E-state index in [1.165, 1.54) is 12.1 Å². The van der Waals surface area contributed by atoms with Crippen LogP contribution in [0.2, 0.25) is 0 Å². The summed E-state index contributed by atoms with van der Waals surface area (Å²) in [6, 6.07) is 6.57. The Labute approximate surface area is 159 Å². The van der Waals surface area contributed by atoms with Gasteiger partial charge < -0.3 is 14.8 Å². The van der Waals surface area contributed by atoms with Crippen LogP contribution in [0.25, 0.3) is 0 Å². The Kier molecular flexibility index (Phi) is 8.42. The molecule has 0 bridgehead atoms. The molecule has 0 aliphatic carbocycles. The molecule has 1 N–H and O–H groups in total. The number of rotatable bonds is 9. The molecule has 1 amide bonds. The van der Waals surface area contributed by atoms with Crippen LogP contribution < -0.4 is 5.32 Å². The predicted molar refractivity (Wildman–Crippen MR) is 99.4 cm³/mol. The second-order valence-corrected chi connectivity index (χ2v) is 6.62. The molecule has 0 aromatic heterocycles. The standard InChI is InChI=1S/C20H27FN2O4/c1-3-12-26-15(2)20(25)27-14-19(24)22-18-8-10-23(11-9-18)13-16-4-6-17(21)7-5-16/h3-7,15,18H,1,8-14H2,2H3,(H,22,24). The molecule has 1 heterocycles. The van der Waals surface area contributed by atoms with Crippen LogP contribution in [0.15, 0.2) is 36.9 Å². The maximum atomic E-state index is 13.0. The van der Waals surface area contributed by atoms with Crippen molar-refractivity contribution in [1.29, 1.82) is 0 Å². The number of esters is 1. The Morgan fingerprint density at radius 2 is 2.00 bits per heavy atom. The molecule has 1 atom stereocenters. The third-order valence-corrected chi connectivity index (χ3v) is 4.41. The molecule has 148 valence electrons. The van der Waals surface area contributed by atoms with Crippen molar-refractivity contribution in [2.75, 3.05) is 26.3 Å². The first-order valence-corrected chi connectivity index (χ1v) is 9.13. The van der Waals surface area contributed by atoms with Gasteiger partial charge in [-0.3, -0.25) is 9.69 Å². The highest BCUT2D eigenvalue weighted by molar-refractivity contribution is 5.82. The molecule has 27 heavy (non-hydrogen) atoms. The van der Waals surface area contributed by atoms with E-state index in [0.717, 1.165) is 38.0 Å².